The maximum Gasteiger partial charge on any atom is 0.314 e. The zero-order valence-electron chi connectivity index (χ0n) is 13.5. The van der Waals surface area contributed by atoms with E-state index >= 15 is 0 Å². The largest absolute Gasteiger partial charge is 0.338 e. The number of nitrogens with two attached hydrogens (primary N) is 1. The lowest BCUT2D eigenvalue weighted by Crippen LogP contribution is -2.37. The van der Waals surface area contributed by atoms with E-state index in [2.05, 4.69) is 10.6 Å². The molecule has 0 saturated carbocycles. The third-order valence-corrected chi connectivity index (χ3v) is 4.89. The van der Waals surface area contributed by atoms with Gasteiger partial charge in [-0.05, 0) is 42.2 Å². The average Bonchev–Trinajstić information content (AvgIpc) is 2.56. The highest BCUT2D eigenvalue weighted by Crippen LogP contribution is 2.14. The normalized spacial score (nSPS) is 11.1. The molecule has 0 fully saturated rings. The summed E-state index contributed by atoms with van der Waals surface area (Å²) < 4.78 is 22.4. The summed E-state index contributed by atoms with van der Waals surface area (Å²) in [6.07, 6.45) is 1.24. The maximum absolute atomic E-state index is 11.7. The number of nitrogens with one attached hydrogen (secondary N) is 2. The van der Waals surface area contributed by atoms with Gasteiger partial charge in [0.25, 0.3) is 0 Å². The van der Waals surface area contributed by atoms with Crippen LogP contribution in [0.2, 0.25) is 5.02 Å². The van der Waals surface area contributed by atoms with Crippen LogP contribution in [0.25, 0.3) is 0 Å². The Morgan fingerprint density at radius 2 is 1.56 bits per heavy atom. The van der Waals surface area contributed by atoms with E-state index in [1.807, 2.05) is 24.3 Å². The minimum Gasteiger partial charge on any atom is -0.338 e. The second kappa shape index (κ2) is 8.84. The second-order valence-electron chi connectivity index (χ2n) is 5.46. The molecule has 2 amide bonds. The lowest BCUT2D eigenvalue weighted by molar-refractivity contribution is 0.241. The monoisotopic (exact) mass is 381 g/mol. The first-order valence-corrected chi connectivity index (χ1v) is 9.65. The summed E-state index contributed by atoms with van der Waals surface area (Å²) in [6, 6.07) is 13.5. The second-order valence-corrected chi connectivity index (χ2v) is 7.43. The van der Waals surface area contributed by atoms with Crippen molar-refractivity contribution in [1.82, 2.24) is 10.6 Å². The molecule has 8 heteroatoms. The molecule has 2 rings (SSSR count). The Morgan fingerprint density at radius 1 is 0.960 bits per heavy atom. The number of rotatable bonds is 7. The van der Waals surface area contributed by atoms with E-state index in [1.54, 1.807) is 12.1 Å². The molecule has 0 aliphatic rings. The van der Waals surface area contributed by atoms with E-state index in [4.69, 9.17) is 16.7 Å². The first kappa shape index (κ1) is 19.2. The van der Waals surface area contributed by atoms with Gasteiger partial charge < -0.3 is 10.6 Å². The quantitative estimate of drug-likeness (QED) is 0.684. The van der Waals surface area contributed by atoms with E-state index in [1.165, 1.54) is 12.1 Å². The molecule has 0 atom stereocenters. The Morgan fingerprint density at radius 3 is 2.16 bits per heavy atom. The topological polar surface area (TPSA) is 101 Å². The van der Waals surface area contributed by atoms with Gasteiger partial charge in [0, 0.05) is 18.1 Å². The van der Waals surface area contributed by atoms with Crippen LogP contribution in [0, 0.1) is 0 Å². The number of urea groups is 1. The van der Waals surface area contributed by atoms with Crippen molar-refractivity contribution in [3.63, 3.8) is 0 Å². The molecule has 134 valence electrons. The molecule has 2 aromatic carbocycles. The van der Waals surface area contributed by atoms with Crippen molar-refractivity contribution in [3.05, 3.63) is 64.7 Å². The molecule has 0 heterocycles. The van der Waals surface area contributed by atoms with E-state index in [0.29, 0.717) is 31.0 Å². The summed E-state index contributed by atoms with van der Waals surface area (Å²) in [4.78, 5) is 11.8. The Bertz CT molecular complexity index is 823. The number of carbonyl (C=O) groups excluding carboxylic acids is 1. The minimum absolute atomic E-state index is 0.0709. The van der Waals surface area contributed by atoms with Crippen molar-refractivity contribution >= 4 is 27.7 Å². The van der Waals surface area contributed by atoms with Crippen LogP contribution in [-0.4, -0.2) is 27.5 Å². The van der Waals surface area contributed by atoms with Gasteiger partial charge in [-0.1, -0.05) is 41.9 Å². The highest BCUT2D eigenvalue weighted by atomic mass is 35.5. The third kappa shape index (κ3) is 6.38. The summed E-state index contributed by atoms with van der Waals surface area (Å²) in [5.74, 6) is 0. The predicted octanol–water partition coefficient (Wildman–Crippen LogP) is 2.07. The summed E-state index contributed by atoms with van der Waals surface area (Å²) in [5, 5.41) is 11.3. The van der Waals surface area contributed by atoms with Crippen LogP contribution in [0.15, 0.2) is 53.4 Å². The number of primary sulfonamides is 1. The molecule has 0 unspecified atom stereocenters. The molecule has 0 aromatic heterocycles. The minimum atomic E-state index is -3.68. The Kier molecular flexibility index (Phi) is 6.81. The molecule has 0 saturated heterocycles. The van der Waals surface area contributed by atoms with Gasteiger partial charge in [0.05, 0.1) is 4.90 Å². The standard InChI is InChI=1S/C17H20ClN3O3S/c18-16-4-2-1-3-14(16)10-12-21-17(22)20-11-9-13-5-7-15(8-6-13)25(19,23)24/h1-8H,9-12H2,(H2,19,23,24)(H2,20,21,22). The number of carbonyl (C=O) groups is 1. The van der Waals surface area contributed by atoms with Gasteiger partial charge in [-0.25, -0.2) is 18.4 Å². The van der Waals surface area contributed by atoms with Crippen LogP contribution >= 0.6 is 11.6 Å². The van der Waals surface area contributed by atoms with Crippen molar-refractivity contribution in [2.45, 2.75) is 17.7 Å². The van der Waals surface area contributed by atoms with E-state index in [0.717, 1.165) is 11.1 Å². The highest BCUT2D eigenvalue weighted by Gasteiger charge is 2.07. The van der Waals surface area contributed by atoms with Gasteiger partial charge in [-0.15, -0.1) is 0 Å². The molecule has 25 heavy (non-hydrogen) atoms. The molecule has 6 nitrogen and oxygen atoms in total. The van der Waals surface area contributed by atoms with Gasteiger partial charge in [0.15, 0.2) is 0 Å². The Balaban J connectivity index is 1.69. The molecule has 2 aromatic rings. The van der Waals surface area contributed by atoms with Gasteiger partial charge >= 0.3 is 6.03 Å². The molecule has 0 radical (unpaired) electrons. The van der Waals surface area contributed by atoms with E-state index in [-0.39, 0.29) is 10.9 Å². The van der Waals surface area contributed by atoms with Gasteiger partial charge in [-0.3, -0.25) is 0 Å². The molecule has 0 aliphatic heterocycles. The molecule has 0 spiro atoms. The Hall–Kier alpha value is -2.09. The zero-order chi connectivity index (χ0) is 18.3. The van der Waals surface area contributed by atoms with Crippen LogP contribution in [0.1, 0.15) is 11.1 Å². The number of halogens is 1. The van der Waals surface area contributed by atoms with Crippen molar-refractivity contribution in [2.24, 2.45) is 5.14 Å². The van der Waals surface area contributed by atoms with E-state index < -0.39 is 10.0 Å². The van der Waals surface area contributed by atoms with Crippen LogP contribution in [0.3, 0.4) is 0 Å². The number of sulfonamides is 1. The van der Waals surface area contributed by atoms with Gasteiger partial charge in [0.2, 0.25) is 10.0 Å². The molecular formula is C17H20ClN3O3S. The SMILES string of the molecule is NS(=O)(=O)c1ccc(CCNC(=O)NCCc2ccccc2Cl)cc1. The Labute approximate surface area is 152 Å². The van der Waals surface area contributed by atoms with Crippen LogP contribution in [0.4, 0.5) is 4.79 Å². The number of hydrogen-bond acceptors (Lipinski definition) is 3. The smallest absolute Gasteiger partial charge is 0.314 e. The summed E-state index contributed by atoms with van der Waals surface area (Å²) in [6.45, 7) is 0.922. The first-order chi connectivity index (χ1) is 11.9. The average molecular weight is 382 g/mol. The fraction of sp³-hybridized carbons (Fsp3) is 0.235. The number of hydrogen-bond donors (Lipinski definition) is 3. The summed E-state index contributed by atoms with van der Waals surface area (Å²) in [7, 11) is -3.68. The van der Waals surface area contributed by atoms with E-state index in [9.17, 15) is 13.2 Å². The molecular weight excluding hydrogens is 362 g/mol. The zero-order valence-corrected chi connectivity index (χ0v) is 15.1. The summed E-state index contributed by atoms with van der Waals surface area (Å²) in [5.41, 5.74) is 1.89. The van der Waals surface area contributed by atoms with Gasteiger partial charge in [-0.2, -0.15) is 0 Å². The summed E-state index contributed by atoms with van der Waals surface area (Å²) >= 11 is 6.06. The lowest BCUT2D eigenvalue weighted by Gasteiger charge is -2.09. The van der Waals surface area contributed by atoms with Crippen molar-refractivity contribution in [3.8, 4) is 0 Å². The first-order valence-electron chi connectivity index (χ1n) is 7.73. The highest BCUT2D eigenvalue weighted by molar-refractivity contribution is 7.89. The van der Waals surface area contributed by atoms with Crippen LogP contribution < -0.4 is 15.8 Å². The number of benzene rings is 2. The van der Waals surface area contributed by atoms with Crippen molar-refractivity contribution in [1.29, 1.82) is 0 Å². The van der Waals surface area contributed by atoms with Crippen molar-refractivity contribution in [2.75, 3.05) is 13.1 Å². The van der Waals surface area contributed by atoms with Gasteiger partial charge in [0.1, 0.15) is 0 Å². The van der Waals surface area contributed by atoms with Crippen molar-refractivity contribution < 1.29 is 13.2 Å². The molecule has 0 aliphatic carbocycles. The lowest BCUT2D eigenvalue weighted by atomic mass is 10.1. The van der Waals surface area contributed by atoms with Crippen LogP contribution in [0.5, 0.6) is 0 Å². The fourth-order valence-electron chi connectivity index (χ4n) is 2.24. The predicted molar refractivity (Wildman–Crippen MR) is 98.1 cm³/mol. The number of amides is 2. The molecule has 0 bridgehead atoms. The maximum atomic E-state index is 11.7. The van der Waals surface area contributed by atoms with Crippen LogP contribution in [-0.2, 0) is 22.9 Å². The fourth-order valence-corrected chi connectivity index (χ4v) is 2.99. The molecule has 4 N–H and O–H groups in total. The third-order valence-electron chi connectivity index (χ3n) is 3.59.